The Morgan fingerprint density at radius 1 is 0.639 bits per heavy atom. The number of amides is 2. The number of alkyl halides is 2. The fourth-order valence-electron chi connectivity index (χ4n) is 8.86. The molecule has 11 rings (SSSR count). The zero-order valence-electron chi connectivity index (χ0n) is 39.3. The maximum atomic E-state index is 14.7. The maximum absolute atomic E-state index is 14.7. The van der Waals surface area contributed by atoms with Crippen molar-refractivity contribution in [2.75, 3.05) is 17.2 Å². The van der Waals surface area contributed by atoms with E-state index in [1.165, 1.54) is 25.0 Å². The zero-order chi connectivity index (χ0) is 50.4. The molecule has 0 bridgehead atoms. The summed E-state index contributed by atoms with van der Waals surface area (Å²) in [5.41, 5.74) is 10.6. The molecule has 17 heteroatoms. The molecule has 2 aliphatic heterocycles. The molecule has 0 saturated heterocycles. The van der Waals surface area contributed by atoms with Crippen LogP contribution in [0.4, 0.5) is 39.3 Å². The summed E-state index contributed by atoms with van der Waals surface area (Å²) in [6.07, 6.45) is 14.1. The standard InChI is InChI=1S/C29H24F3N5O.C26H21F2N5O/c1-15-10-22(16(2)9-21(15)18-5-8-25(33-12-18)17-3-4-17)26-34-13-24(30)27(37-26)36-19-6-7-20-23(11-19)29(31,32)14-35-28(20)38;1-14-9-16(5-7-19(14)17-4-3-15(2)29-11-17)24-30-13-23(28)25(33-24)32-18-6-8-20-21(10-18)22(27)12-31-26(20)34/h5-13,17H,3-4,14H2,1-2H3,(H,35,38)(H,34,36,37);3-13,20-21H,1-2H3,(H,31,34)(H,30,32,33). The van der Waals surface area contributed by atoms with E-state index in [0.29, 0.717) is 23.3 Å². The van der Waals surface area contributed by atoms with Crippen LogP contribution in [0, 0.1) is 51.2 Å². The Kier molecular flexibility index (Phi) is 12.5. The van der Waals surface area contributed by atoms with Crippen molar-refractivity contribution in [2.45, 2.75) is 52.4 Å². The summed E-state index contributed by atoms with van der Waals surface area (Å²) in [7, 11) is 0. The van der Waals surface area contributed by atoms with E-state index in [2.05, 4.69) is 63.3 Å². The number of carbonyl (C=O) groups excluding carboxylic acids is 2. The van der Waals surface area contributed by atoms with Gasteiger partial charge in [-0.25, -0.2) is 33.1 Å². The molecular weight excluding hydrogens is 928 g/mol. The molecule has 3 aromatic carbocycles. The SMILES string of the molecule is Cc1cc(-c2ncc(F)c(Nc3ccc4c(c3)C(F)(F)CNC4=O)n2)c(C)cc1-c1ccc(C2CC2)nc1.Cc1ccc(-c2ccc(-c3ncc(F)c(NC4=CC5C(F)=CNC(=O)C5C=C4)n3)cc2C)cn1. The first-order valence-electron chi connectivity index (χ1n) is 23.2. The number of anilines is 3. The third-order valence-corrected chi connectivity index (χ3v) is 13.0. The molecule has 4 N–H and O–H groups in total. The number of pyridine rings is 2. The number of aromatic nitrogens is 6. The lowest BCUT2D eigenvalue weighted by atomic mass is 9.84. The summed E-state index contributed by atoms with van der Waals surface area (Å²) in [4.78, 5) is 49.9. The van der Waals surface area contributed by atoms with E-state index < -0.39 is 53.2 Å². The monoisotopic (exact) mass is 972 g/mol. The number of rotatable bonds is 9. The van der Waals surface area contributed by atoms with E-state index in [9.17, 15) is 31.5 Å². The third kappa shape index (κ3) is 9.69. The zero-order valence-corrected chi connectivity index (χ0v) is 39.3. The number of hydrogen-bond acceptors (Lipinski definition) is 10. The second-order valence-electron chi connectivity index (χ2n) is 18.2. The van der Waals surface area contributed by atoms with Gasteiger partial charge in [0.25, 0.3) is 11.8 Å². The van der Waals surface area contributed by atoms with Gasteiger partial charge in [-0.15, -0.1) is 0 Å². The van der Waals surface area contributed by atoms with E-state index >= 15 is 0 Å². The minimum atomic E-state index is -3.24. The fraction of sp³-hybridized carbons (Fsp3) is 0.200. The highest BCUT2D eigenvalue weighted by atomic mass is 19.3. The Hall–Kier alpha value is -8.47. The molecule has 4 aliphatic rings. The highest BCUT2D eigenvalue weighted by Crippen LogP contribution is 2.40. The first-order chi connectivity index (χ1) is 34.6. The number of fused-ring (bicyclic) bond motifs is 2. The molecule has 1 fully saturated rings. The average molecular weight is 973 g/mol. The Morgan fingerprint density at radius 2 is 1.29 bits per heavy atom. The number of hydrogen-bond donors (Lipinski definition) is 4. The van der Waals surface area contributed by atoms with Gasteiger partial charge in [0.2, 0.25) is 5.91 Å². The molecule has 4 aromatic heterocycles. The molecule has 7 aromatic rings. The van der Waals surface area contributed by atoms with Crippen LogP contribution in [-0.4, -0.2) is 48.3 Å². The molecule has 0 spiro atoms. The number of nitrogens with zero attached hydrogens (tertiary/aromatic N) is 6. The second-order valence-corrected chi connectivity index (χ2v) is 18.2. The van der Waals surface area contributed by atoms with Gasteiger partial charge in [0.1, 0.15) is 5.83 Å². The largest absolute Gasteiger partial charge is 0.346 e. The van der Waals surface area contributed by atoms with Gasteiger partial charge >= 0.3 is 0 Å². The second kappa shape index (κ2) is 19.0. The van der Waals surface area contributed by atoms with Crippen molar-refractivity contribution in [3.05, 3.63) is 184 Å². The van der Waals surface area contributed by atoms with Gasteiger partial charge in [-0.3, -0.25) is 19.6 Å². The number of halogens is 5. The quantitative estimate of drug-likeness (QED) is 0.103. The maximum Gasteiger partial charge on any atom is 0.291 e. The Balaban J connectivity index is 0.000000167. The summed E-state index contributed by atoms with van der Waals surface area (Å²) < 4.78 is 72.2. The lowest BCUT2D eigenvalue weighted by molar-refractivity contribution is -0.124. The normalized spacial score (nSPS) is 17.5. The number of benzene rings is 3. The molecule has 0 radical (unpaired) electrons. The topological polar surface area (TPSA) is 160 Å². The number of nitrogens with one attached hydrogen (secondary N) is 4. The summed E-state index contributed by atoms with van der Waals surface area (Å²) in [6.45, 7) is 7.05. The highest BCUT2D eigenvalue weighted by molar-refractivity contribution is 5.97. The summed E-state index contributed by atoms with van der Waals surface area (Å²) in [6, 6.07) is 21.8. The van der Waals surface area contributed by atoms with Gasteiger partial charge < -0.3 is 21.3 Å². The van der Waals surface area contributed by atoms with E-state index in [0.717, 1.165) is 86.1 Å². The van der Waals surface area contributed by atoms with Gasteiger partial charge in [-0.2, -0.15) is 8.78 Å². The minimum Gasteiger partial charge on any atom is -0.346 e. The van der Waals surface area contributed by atoms with Crippen LogP contribution in [0.15, 0.2) is 134 Å². The Morgan fingerprint density at radius 3 is 2.01 bits per heavy atom. The minimum absolute atomic E-state index is 0.0338. The van der Waals surface area contributed by atoms with Gasteiger partial charge in [-0.05, 0) is 123 Å². The predicted molar refractivity (Wildman–Crippen MR) is 263 cm³/mol. The van der Waals surface area contributed by atoms with Gasteiger partial charge in [0, 0.05) is 86.6 Å². The Labute approximate surface area is 410 Å². The van der Waals surface area contributed by atoms with E-state index in [4.69, 9.17) is 0 Å². The van der Waals surface area contributed by atoms with Gasteiger partial charge in [0.05, 0.1) is 24.9 Å². The lowest BCUT2D eigenvalue weighted by Gasteiger charge is -2.27. The van der Waals surface area contributed by atoms with Crippen molar-refractivity contribution in [2.24, 2.45) is 11.8 Å². The molecule has 362 valence electrons. The first-order valence-corrected chi connectivity index (χ1v) is 23.2. The molecule has 6 heterocycles. The van der Waals surface area contributed by atoms with Crippen LogP contribution in [0.25, 0.3) is 45.0 Å². The first kappa shape index (κ1) is 47.2. The summed E-state index contributed by atoms with van der Waals surface area (Å²) >= 11 is 0. The van der Waals surface area contributed by atoms with Crippen LogP contribution >= 0.6 is 0 Å². The fourth-order valence-corrected chi connectivity index (χ4v) is 8.86. The summed E-state index contributed by atoms with van der Waals surface area (Å²) in [5.74, 6) is -6.25. The molecule has 2 unspecified atom stereocenters. The predicted octanol–water partition coefficient (Wildman–Crippen LogP) is 11.4. The van der Waals surface area contributed by atoms with Crippen LogP contribution < -0.4 is 21.3 Å². The molecule has 2 amide bonds. The molecule has 2 aliphatic carbocycles. The molecule has 12 nitrogen and oxygen atoms in total. The number of carbonyl (C=O) groups is 2. The van der Waals surface area contributed by atoms with Crippen molar-refractivity contribution in [3.63, 3.8) is 0 Å². The third-order valence-electron chi connectivity index (χ3n) is 13.0. The van der Waals surface area contributed by atoms with Crippen molar-refractivity contribution < 1.29 is 31.5 Å². The molecule has 2 atom stereocenters. The van der Waals surface area contributed by atoms with E-state index in [1.807, 2.05) is 82.6 Å². The van der Waals surface area contributed by atoms with Crippen molar-refractivity contribution in [3.8, 4) is 45.0 Å². The van der Waals surface area contributed by atoms with Crippen LogP contribution in [0.3, 0.4) is 0 Å². The van der Waals surface area contributed by atoms with E-state index in [-0.39, 0.29) is 28.8 Å². The van der Waals surface area contributed by atoms with Crippen molar-refractivity contribution >= 4 is 29.1 Å². The Bertz CT molecular complexity index is 3410. The van der Waals surface area contributed by atoms with Crippen molar-refractivity contribution in [1.29, 1.82) is 0 Å². The summed E-state index contributed by atoms with van der Waals surface area (Å²) in [5, 5.41) is 10.2. The lowest BCUT2D eigenvalue weighted by Crippen LogP contribution is -2.41. The van der Waals surface area contributed by atoms with E-state index in [1.54, 1.807) is 18.2 Å². The molecule has 72 heavy (non-hydrogen) atoms. The molecule has 1 saturated carbocycles. The van der Waals surface area contributed by atoms with Crippen molar-refractivity contribution in [1.82, 2.24) is 40.5 Å². The van der Waals surface area contributed by atoms with Crippen LogP contribution in [-0.2, 0) is 10.7 Å². The van der Waals surface area contributed by atoms with Gasteiger partial charge in [0.15, 0.2) is 34.9 Å². The van der Waals surface area contributed by atoms with Crippen LogP contribution in [0.1, 0.15) is 62.8 Å². The number of aryl methyl sites for hydroxylation is 4. The average Bonchev–Trinajstić information content (AvgIpc) is 4.23. The van der Waals surface area contributed by atoms with Gasteiger partial charge in [-0.1, -0.05) is 36.4 Å². The highest BCUT2D eigenvalue weighted by Gasteiger charge is 2.40. The molecular formula is C55H45F5N10O2. The number of allylic oxidation sites excluding steroid dienone is 3. The van der Waals surface area contributed by atoms with Crippen LogP contribution in [0.2, 0.25) is 0 Å². The van der Waals surface area contributed by atoms with Crippen LogP contribution in [0.5, 0.6) is 0 Å². The smallest absolute Gasteiger partial charge is 0.291 e.